The average molecular weight is 326 g/mol. The van der Waals surface area contributed by atoms with E-state index in [0.29, 0.717) is 12.1 Å². The van der Waals surface area contributed by atoms with Crippen molar-refractivity contribution in [3.05, 3.63) is 59.9 Å². The normalized spacial score (nSPS) is 21.8. The molecule has 1 heterocycles. The van der Waals surface area contributed by atoms with Crippen LogP contribution in [0.25, 0.3) is 11.1 Å². The Bertz CT molecular complexity index is 636. The van der Waals surface area contributed by atoms with Gasteiger partial charge in [-0.25, -0.2) is 4.39 Å². The van der Waals surface area contributed by atoms with Crippen LogP contribution in [0.3, 0.4) is 0 Å². The van der Waals surface area contributed by atoms with Gasteiger partial charge in [0.15, 0.2) is 0 Å². The first-order chi connectivity index (χ1) is 11.7. The highest BCUT2D eigenvalue weighted by molar-refractivity contribution is 5.63. The topological polar surface area (TPSA) is 15.3 Å². The predicted molar refractivity (Wildman–Crippen MR) is 98.2 cm³/mol. The van der Waals surface area contributed by atoms with Crippen molar-refractivity contribution in [3.63, 3.8) is 0 Å². The van der Waals surface area contributed by atoms with Crippen molar-refractivity contribution < 1.29 is 4.39 Å². The van der Waals surface area contributed by atoms with Crippen LogP contribution in [0.15, 0.2) is 48.5 Å². The minimum Gasteiger partial charge on any atom is -0.298 e. The second-order valence-corrected chi connectivity index (χ2v) is 6.89. The molecule has 24 heavy (non-hydrogen) atoms. The minimum absolute atomic E-state index is 0.192. The Labute approximate surface area is 144 Å². The predicted octanol–water partition coefficient (Wildman–Crippen LogP) is 4.83. The molecule has 0 aromatic heterocycles. The van der Waals surface area contributed by atoms with Crippen molar-refractivity contribution in [1.29, 1.82) is 0 Å². The van der Waals surface area contributed by atoms with Gasteiger partial charge in [0.2, 0.25) is 0 Å². The summed E-state index contributed by atoms with van der Waals surface area (Å²) in [5, 5.41) is 3.69. The molecule has 0 radical (unpaired) electrons. The fourth-order valence-electron chi connectivity index (χ4n) is 3.42. The lowest BCUT2D eigenvalue weighted by Gasteiger charge is -2.40. The number of hydrogen-bond donors (Lipinski definition) is 1. The molecule has 1 N–H and O–H groups in total. The summed E-state index contributed by atoms with van der Waals surface area (Å²) in [6, 6.07) is 15.4. The fraction of sp³-hybridized carbons (Fsp3) is 0.429. The summed E-state index contributed by atoms with van der Waals surface area (Å²) in [5.74, 6) is 0.499. The van der Waals surface area contributed by atoms with Crippen LogP contribution in [-0.2, 0) is 0 Å². The third-order valence-corrected chi connectivity index (χ3v) is 4.77. The summed E-state index contributed by atoms with van der Waals surface area (Å²) in [5.41, 5.74) is 3.49. The molecule has 1 aliphatic rings. The van der Waals surface area contributed by atoms with Crippen molar-refractivity contribution in [1.82, 2.24) is 10.2 Å². The minimum atomic E-state index is -0.192. The summed E-state index contributed by atoms with van der Waals surface area (Å²) < 4.78 is 13.1. The second kappa shape index (κ2) is 7.91. The lowest BCUT2D eigenvalue weighted by molar-refractivity contribution is 0.0981. The van der Waals surface area contributed by atoms with Crippen molar-refractivity contribution in [2.24, 2.45) is 5.92 Å². The third-order valence-electron chi connectivity index (χ3n) is 4.77. The summed E-state index contributed by atoms with van der Waals surface area (Å²) in [7, 11) is 0. The summed E-state index contributed by atoms with van der Waals surface area (Å²) in [6.07, 6.45) is 2.76. The first-order valence-corrected chi connectivity index (χ1v) is 9.00. The molecule has 2 unspecified atom stereocenters. The fourth-order valence-corrected chi connectivity index (χ4v) is 3.42. The molecule has 1 saturated heterocycles. The van der Waals surface area contributed by atoms with E-state index >= 15 is 0 Å². The molecular formula is C21H27FN2. The summed E-state index contributed by atoms with van der Waals surface area (Å²) >= 11 is 0. The Morgan fingerprint density at radius 3 is 2.29 bits per heavy atom. The molecule has 0 saturated carbocycles. The molecule has 1 fully saturated rings. The van der Waals surface area contributed by atoms with Crippen LogP contribution in [0.5, 0.6) is 0 Å². The van der Waals surface area contributed by atoms with Gasteiger partial charge in [-0.15, -0.1) is 0 Å². The van der Waals surface area contributed by atoms with Gasteiger partial charge in [-0.05, 0) is 47.7 Å². The summed E-state index contributed by atoms with van der Waals surface area (Å²) in [6.45, 7) is 7.90. The van der Waals surface area contributed by atoms with E-state index in [4.69, 9.17) is 0 Å². The molecule has 0 amide bonds. The maximum Gasteiger partial charge on any atom is 0.123 e. The molecule has 0 spiro atoms. The van der Waals surface area contributed by atoms with Gasteiger partial charge in [0, 0.05) is 13.1 Å². The van der Waals surface area contributed by atoms with Gasteiger partial charge in [-0.3, -0.25) is 10.2 Å². The molecule has 2 aromatic rings. The molecule has 3 heteroatoms. The van der Waals surface area contributed by atoms with Crippen molar-refractivity contribution in [2.45, 2.75) is 32.9 Å². The Balaban J connectivity index is 1.76. The molecule has 2 nitrogen and oxygen atoms in total. The highest BCUT2D eigenvalue weighted by atomic mass is 19.1. The first-order valence-electron chi connectivity index (χ1n) is 9.00. The number of halogens is 1. The highest BCUT2D eigenvalue weighted by Crippen LogP contribution is 2.27. The smallest absolute Gasteiger partial charge is 0.123 e. The lowest BCUT2D eigenvalue weighted by atomic mass is 10.00. The molecule has 128 valence electrons. The van der Waals surface area contributed by atoms with E-state index in [0.717, 1.165) is 30.8 Å². The number of benzene rings is 2. The molecule has 1 aliphatic heterocycles. The summed E-state index contributed by atoms with van der Waals surface area (Å²) in [4.78, 5) is 2.56. The molecule has 0 aliphatic carbocycles. The van der Waals surface area contributed by atoms with E-state index in [1.807, 2.05) is 12.1 Å². The van der Waals surface area contributed by atoms with Crippen LogP contribution in [0, 0.1) is 11.7 Å². The Hall–Kier alpha value is -1.71. The van der Waals surface area contributed by atoms with Crippen molar-refractivity contribution in [3.8, 4) is 11.1 Å². The Morgan fingerprint density at radius 2 is 1.67 bits per heavy atom. The van der Waals surface area contributed by atoms with Gasteiger partial charge in [0.1, 0.15) is 5.82 Å². The van der Waals surface area contributed by atoms with E-state index in [-0.39, 0.29) is 5.82 Å². The van der Waals surface area contributed by atoms with Gasteiger partial charge in [-0.2, -0.15) is 0 Å². The van der Waals surface area contributed by atoms with E-state index in [2.05, 4.69) is 48.3 Å². The van der Waals surface area contributed by atoms with E-state index in [1.165, 1.54) is 30.5 Å². The van der Waals surface area contributed by atoms with Crippen LogP contribution >= 0.6 is 0 Å². The zero-order valence-electron chi connectivity index (χ0n) is 14.6. The van der Waals surface area contributed by atoms with Gasteiger partial charge in [-0.1, -0.05) is 56.7 Å². The number of nitrogens with one attached hydrogen (secondary N) is 1. The number of nitrogens with zero attached hydrogens (tertiary/aromatic N) is 1. The standard InChI is InChI=1S/C21H27FN2/c1-3-4-13-24-15-16(2)14-23-21(24)19-7-5-17(6-8-19)18-9-11-20(22)12-10-18/h5-12,16,21,23H,3-4,13-15H2,1-2H3. The molecule has 0 bridgehead atoms. The van der Waals surface area contributed by atoms with Crippen molar-refractivity contribution in [2.75, 3.05) is 19.6 Å². The van der Waals surface area contributed by atoms with Gasteiger partial charge >= 0.3 is 0 Å². The molecule has 2 atom stereocenters. The maximum atomic E-state index is 13.1. The third kappa shape index (κ3) is 4.03. The largest absolute Gasteiger partial charge is 0.298 e. The van der Waals surface area contributed by atoms with Crippen LogP contribution in [0.2, 0.25) is 0 Å². The zero-order chi connectivity index (χ0) is 16.9. The van der Waals surface area contributed by atoms with Crippen molar-refractivity contribution >= 4 is 0 Å². The van der Waals surface area contributed by atoms with Gasteiger partial charge in [0.05, 0.1) is 6.17 Å². The molecular weight excluding hydrogens is 299 g/mol. The maximum absolute atomic E-state index is 13.1. The highest BCUT2D eigenvalue weighted by Gasteiger charge is 2.26. The molecule has 3 rings (SSSR count). The van der Waals surface area contributed by atoms with Crippen LogP contribution < -0.4 is 5.32 Å². The number of hydrogen-bond acceptors (Lipinski definition) is 2. The monoisotopic (exact) mass is 326 g/mol. The first kappa shape index (κ1) is 17.1. The van der Waals surface area contributed by atoms with Crippen LogP contribution in [-0.4, -0.2) is 24.5 Å². The second-order valence-electron chi connectivity index (χ2n) is 6.89. The van der Waals surface area contributed by atoms with E-state index < -0.39 is 0 Å². The Morgan fingerprint density at radius 1 is 1.04 bits per heavy atom. The number of unbranched alkanes of at least 4 members (excludes halogenated alkanes) is 1. The Kier molecular flexibility index (Phi) is 5.64. The lowest BCUT2D eigenvalue weighted by Crippen LogP contribution is -2.49. The van der Waals surface area contributed by atoms with Gasteiger partial charge < -0.3 is 0 Å². The number of rotatable bonds is 5. The van der Waals surface area contributed by atoms with E-state index in [1.54, 1.807) is 0 Å². The van der Waals surface area contributed by atoms with Gasteiger partial charge in [0.25, 0.3) is 0 Å². The van der Waals surface area contributed by atoms with Crippen LogP contribution in [0.4, 0.5) is 4.39 Å². The van der Waals surface area contributed by atoms with Crippen LogP contribution in [0.1, 0.15) is 38.4 Å². The SMILES string of the molecule is CCCCN1CC(C)CNC1c1ccc(-c2ccc(F)cc2)cc1. The zero-order valence-corrected chi connectivity index (χ0v) is 14.6. The molecule has 2 aromatic carbocycles. The quantitative estimate of drug-likeness (QED) is 0.846. The van der Waals surface area contributed by atoms with E-state index in [9.17, 15) is 4.39 Å². The average Bonchev–Trinajstić information content (AvgIpc) is 2.61.